The molecule has 0 bridgehead atoms. The molecular weight excluding hydrogens is 402 g/mol. The summed E-state index contributed by atoms with van der Waals surface area (Å²) < 4.78 is 55.8. The Kier molecular flexibility index (Phi) is 5.45. The van der Waals surface area contributed by atoms with E-state index in [1.165, 1.54) is 17.4 Å². The smallest absolute Gasteiger partial charge is 0.457 e. The maximum absolute atomic E-state index is 14.0. The van der Waals surface area contributed by atoms with Crippen LogP contribution in [0, 0.1) is 12.7 Å². The molecule has 2 aromatic carbocycles. The molecule has 0 fully saturated rings. The maximum Gasteiger partial charge on any atom is 0.493 e. The monoisotopic (exact) mass is 413 g/mol. The van der Waals surface area contributed by atoms with Crippen molar-refractivity contribution in [3.05, 3.63) is 53.3 Å². The van der Waals surface area contributed by atoms with E-state index in [1.807, 2.05) is 13.0 Å². The highest BCUT2D eigenvalue weighted by Crippen LogP contribution is 2.30. The number of aromatic nitrogens is 2. The molecule has 0 aliphatic carbocycles. The number of carbonyl (C=O) groups is 1. The number of hydrogen-bond donors (Lipinski definition) is 1. The van der Waals surface area contributed by atoms with E-state index in [0.717, 1.165) is 22.7 Å². The highest BCUT2D eigenvalue weighted by Gasteiger charge is 2.41. The van der Waals surface area contributed by atoms with Gasteiger partial charge in [-0.25, -0.2) is 14.7 Å². The lowest BCUT2D eigenvalue weighted by atomic mass is 10.2. The van der Waals surface area contributed by atoms with Crippen LogP contribution in [0.4, 0.5) is 23.2 Å². The molecule has 0 aliphatic rings. The number of aryl methyl sites for hydroxylation is 1. The lowest BCUT2D eigenvalue weighted by molar-refractivity contribution is -0.196. The molecule has 1 N–H and O–H groups in total. The molecule has 0 aliphatic heterocycles. The van der Waals surface area contributed by atoms with Crippen molar-refractivity contribution in [2.24, 2.45) is 0 Å². The molecule has 0 unspecified atom stereocenters. The van der Waals surface area contributed by atoms with Crippen LogP contribution in [0.25, 0.3) is 10.6 Å². The summed E-state index contributed by atoms with van der Waals surface area (Å²) in [6, 6.07) is 10.2. The number of nitrogens with zero attached hydrogens (tertiary/aromatic N) is 2. The Hall–Kier alpha value is -3.21. The van der Waals surface area contributed by atoms with E-state index >= 15 is 0 Å². The summed E-state index contributed by atoms with van der Waals surface area (Å²) in [5, 5.41) is 9.47. The van der Waals surface area contributed by atoms with Gasteiger partial charge in [0, 0.05) is 11.6 Å². The molecule has 6 nitrogen and oxygen atoms in total. The molecule has 0 saturated heterocycles. The second kappa shape index (κ2) is 7.80. The number of carbonyl (C=O) groups excluding carboxylic acids is 1. The highest BCUT2D eigenvalue weighted by molar-refractivity contribution is 7.14. The summed E-state index contributed by atoms with van der Waals surface area (Å²) >= 11 is 1.40. The Bertz CT molecular complexity index is 1010. The van der Waals surface area contributed by atoms with Crippen LogP contribution in [-0.4, -0.2) is 22.3 Å². The van der Waals surface area contributed by atoms with Crippen LogP contribution in [0.3, 0.4) is 0 Å². The third-order valence-electron chi connectivity index (χ3n) is 3.27. The molecule has 28 heavy (non-hydrogen) atoms. The van der Waals surface area contributed by atoms with E-state index in [2.05, 4.69) is 15.0 Å². The van der Waals surface area contributed by atoms with Crippen molar-refractivity contribution >= 4 is 23.0 Å². The van der Waals surface area contributed by atoms with E-state index in [-0.39, 0.29) is 5.75 Å². The Morgan fingerprint density at radius 3 is 2.50 bits per heavy atom. The first kappa shape index (κ1) is 19.5. The van der Waals surface area contributed by atoms with Gasteiger partial charge in [-0.2, -0.15) is 13.2 Å². The average Bonchev–Trinajstić information content (AvgIpc) is 3.07. The Balaban J connectivity index is 1.70. The lowest BCUT2D eigenvalue weighted by Crippen LogP contribution is -2.27. The van der Waals surface area contributed by atoms with Crippen LogP contribution in [0.2, 0.25) is 0 Å². The predicted octanol–water partition coefficient (Wildman–Crippen LogP) is 4.88. The van der Waals surface area contributed by atoms with Crippen molar-refractivity contribution in [1.82, 2.24) is 10.2 Å². The molecular formula is C17H11F4N3O3S. The fourth-order valence-corrected chi connectivity index (χ4v) is 2.73. The zero-order valence-electron chi connectivity index (χ0n) is 14.1. The number of benzene rings is 2. The number of anilines is 1. The summed E-state index contributed by atoms with van der Waals surface area (Å²) in [5.74, 6) is -2.97. The van der Waals surface area contributed by atoms with Crippen LogP contribution >= 0.6 is 11.3 Å². The summed E-state index contributed by atoms with van der Waals surface area (Å²) in [5.41, 5.74) is 1.94. The average molecular weight is 413 g/mol. The Morgan fingerprint density at radius 1 is 1.11 bits per heavy atom. The lowest BCUT2D eigenvalue weighted by Gasteiger charge is -2.11. The SMILES string of the molecule is Cc1nnc(-c2cccc(Oc3ccc(NOC(=O)C(F)(F)F)c(F)c3)c2)s1. The van der Waals surface area contributed by atoms with Crippen LogP contribution in [-0.2, 0) is 9.63 Å². The van der Waals surface area contributed by atoms with Gasteiger partial charge in [-0.3, -0.25) is 0 Å². The standard InChI is InChI=1S/C17H11F4N3O3S/c1-9-22-23-15(28-9)10-3-2-4-11(7-10)26-12-5-6-14(13(18)8-12)24-27-16(25)17(19,20)21/h2-8,24H,1H3. The predicted molar refractivity (Wildman–Crippen MR) is 92.3 cm³/mol. The van der Waals surface area contributed by atoms with Crippen LogP contribution < -0.4 is 10.2 Å². The fourth-order valence-electron chi connectivity index (χ4n) is 2.04. The van der Waals surface area contributed by atoms with Gasteiger partial charge in [-0.05, 0) is 31.2 Å². The molecule has 1 aromatic heterocycles. The third-order valence-corrected chi connectivity index (χ3v) is 4.16. The number of rotatable bonds is 5. The zero-order valence-corrected chi connectivity index (χ0v) is 14.9. The quantitative estimate of drug-likeness (QED) is 0.475. The summed E-state index contributed by atoms with van der Waals surface area (Å²) in [4.78, 5) is 14.4. The second-order valence-electron chi connectivity index (χ2n) is 5.39. The van der Waals surface area contributed by atoms with Gasteiger partial charge in [0.1, 0.15) is 27.2 Å². The van der Waals surface area contributed by atoms with Crippen LogP contribution in [0.15, 0.2) is 42.5 Å². The van der Waals surface area contributed by atoms with E-state index in [0.29, 0.717) is 10.8 Å². The van der Waals surface area contributed by atoms with Gasteiger partial charge in [0.15, 0.2) is 5.82 Å². The topological polar surface area (TPSA) is 73.3 Å². The normalized spacial score (nSPS) is 11.2. The molecule has 0 spiro atoms. The molecule has 0 radical (unpaired) electrons. The first-order chi connectivity index (χ1) is 13.2. The van der Waals surface area contributed by atoms with Crippen molar-refractivity contribution in [3.8, 4) is 22.1 Å². The number of halogens is 4. The maximum atomic E-state index is 14.0. The third kappa shape index (κ3) is 4.74. The van der Waals surface area contributed by atoms with E-state index in [9.17, 15) is 22.4 Å². The molecule has 0 atom stereocenters. The fraction of sp³-hybridized carbons (Fsp3) is 0.118. The first-order valence-electron chi connectivity index (χ1n) is 7.64. The number of nitrogens with one attached hydrogen (secondary N) is 1. The summed E-state index contributed by atoms with van der Waals surface area (Å²) in [6.45, 7) is 1.83. The molecule has 146 valence electrons. The van der Waals surface area contributed by atoms with Gasteiger partial charge >= 0.3 is 12.1 Å². The van der Waals surface area contributed by atoms with Crippen molar-refractivity contribution in [1.29, 1.82) is 0 Å². The molecule has 11 heteroatoms. The van der Waals surface area contributed by atoms with E-state index in [4.69, 9.17) is 4.74 Å². The molecule has 0 amide bonds. The molecule has 3 rings (SSSR count). The Morgan fingerprint density at radius 2 is 1.86 bits per heavy atom. The second-order valence-corrected chi connectivity index (χ2v) is 6.57. The van der Waals surface area contributed by atoms with Crippen molar-refractivity contribution in [3.63, 3.8) is 0 Å². The largest absolute Gasteiger partial charge is 0.493 e. The van der Waals surface area contributed by atoms with Crippen LogP contribution in [0.1, 0.15) is 5.01 Å². The van der Waals surface area contributed by atoms with Gasteiger partial charge in [0.2, 0.25) is 0 Å². The van der Waals surface area contributed by atoms with Gasteiger partial charge in [-0.15, -0.1) is 10.2 Å². The minimum absolute atomic E-state index is 0.0933. The van der Waals surface area contributed by atoms with Gasteiger partial charge in [0.25, 0.3) is 0 Å². The van der Waals surface area contributed by atoms with Crippen molar-refractivity contribution in [2.45, 2.75) is 13.1 Å². The van der Waals surface area contributed by atoms with Gasteiger partial charge in [0.05, 0.1) is 0 Å². The van der Waals surface area contributed by atoms with Gasteiger partial charge < -0.3 is 9.57 Å². The summed E-state index contributed by atoms with van der Waals surface area (Å²) in [6.07, 6.45) is -5.19. The number of alkyl halides is 3. The van der Waals surface area contributed by atoms with E-state index in [1.54, 1.807) is 23.7 Å². The van der Waals surface area contributed by atoms with Crippen molar-refractivity contribution < 1.29 is 31.9 Å². The van der Waals surface area contributed by atoms with E-state index < -0.39 is 23.7 Å². The number of hydrogen-bond acceptors (Lipinski definition) is 7. The number of ether oxygens (including phenoxy) is 1. The Labute approximate surface area is 159 Å². The van der Waals surface area contributed by atoms with Crippen molar-refractivity contribution in [2.75, 3.05) is 5.48 Å². The highest BCUT2D eigenvalue weighted by atomic mass is 32.1. The molecule has 0 saturated carbocycles. The minimum Gasteiger partial charge on any atom is -0.457 e. The van der Waals surface area contributed by atoms with Crippen LogP contribution in [0.5, 0.6) is 11.5 Å². The summed E-state index contributed by atoms with van der Waals surface area (Å²) in [7, 11) is 0. The van der Waals surface area contributed by atoms with Gasteiger partial charge in [-0.1, -0.05) is 23.5 Å². The molecule has 1 heterocycles. The molecule has 3 aromatic rings. The minimum atomic E-state index is -5.19. The first-order valence-corrected chi connectivity index (χ1v) is 8.46. The zero-order chi connectivity index (χ0) is 20.3.